The molecule has 2 rings (SSSR count). The molecule has 5 nitrogen and oxygen atoms in total. The maximum atomic E-state index is 12.0. The van der Waals surface area contributed by atoms with E-state index in [1.165, 1.54) is 7.11 Å². The number of rotatable bonds is 7. The lowest BCUT2D eigenvalue weighted by Gasteiger charge is -2.37. The van der Waals surface area contributed by atoms with Crippen LogP contribution in [0.1, 0.15) is 47.1 Å². The monoisotopic (exact) mass is 400 g/mol. The SMILES string of the molecule is COC(=O)c1ccc(O[Si](C)(C)C(C)(C)C)c(COc2ccccc2C=O)c1. The van der Waals surface area contributed by atoms with Crippen LogP contribution in [-0.2, 0) is 11.3 Å². The van der Waals surface area contributed by atoms with E-state index < -0.39 is 14.3 Å². The van der Waals surface area contributed by atoms with Crippen molar-refractivity contribution in [2.75, 3.05) is 7.11 Å². The van der Waals surface area contributed by atoms with Crippen molar-refractivity contribution < 1.29 is 23.5 Å². The lowest BCUT2D eigenvalue weighted by molar-refractivity contribution is 0.0600. The van der Waals surface area contributed by atoms with Crippen molar-refractivity contribution in [1.82, 2.24) is 0 Å². The molecule has 0 heterocycles. The third-order valence-corrected chi connectivity index (χ3v) is 9.42. The summed E-state index contributed by atoms with van der Waals surface area (Å²) in [6.45, 7) is 11.0. The minimum atomic E-state index is -2.08. The molecule has 0 radical (unpaired) electrons. The summed E-state index contributed by atoms with van der Waals surface area (Å²) in [5.74, 6) is 0.746. The highest BCUT2D eigenvalue weighted by Crippen LogP contribution is 2.38. The molecule has 0 spiro atoms. The lowest BCUT2D eigenvalue weighted by atomic mass is 10.1. The van der Waals surface area contributed by atoms with Crippen molar-refractivity contribution in [3.8, 4) is 11.5 Å². The van der Waals surface area contributed by atoms with Gasteiger partial charge in [-0.3, -0.25) is 4.79 Å². The van der Waals surface area contributed by atoms with E-state index in [9.17, 15) is 9.59 Å². The van der Waals surface area contributed by atoms with Crippen molar-refractivity contribution in [2.24, 2.45) is 0 Å². The highest BCUT2D eigenvalue weighted by atomic mass is 28.4. The fraction of sp³-hybridized carbons (Fsp3) is 0.364. The number of aldehydes is 1. The van der Waals surface area contributed by atoms with Gasteiger partial charge in [0.05, 0.1) is 18.2 Å². The average molecular weight is 401 g/mol. The number of methoxy groups -OCH3 is 1. The molecule has 0 aliphatic carbocycles. The van der Waals surface area contributed by atoms with Gasteiger partial charge in [-0.2, -0.15) is 0 Å². The van der Waals surface area contributed by atoms with E-state index in [4.69, 9.17) is 13.9 Å². The van der Waals surface area contributed by atoms with Crippen molar-refractivity contribution in [1.29, 1.82) is 0 Å². The van der Waals surface area contributed by atoms with E-state index in [0.29, 0.717) is 22.6 Å². The molecule has 0 atom stereocenters. The molecule has 0 bridgehead atoms. The van der Waals surface area contributed by atoms with Gasteiger partial charge in [-0.25, -0.2) is 4.79 Å². The highest BCUT2D eigenvalue weighted by Gasteiger charge is 2.39. The molecule has 0 amide bonds. The standard InChI is InChI=1S/C22H28O5Si/c1-22(2,3)28(5,6)27-20-12-11-16(21(24)25-4)13-18(20)15-26-19-10-8-7-9-17(19)14-23/h7-14H,15H2,1-6H3. The van der Waals surface area contributed by atoms with Crippen molar-refractivity contribution in [3.05, 3.63) is 59.2 Å². The van der Waals surface area contributed by atoms with Gasteiger partial charge in [0.2, 0.25) is 8.32 Å². The first-order chi connectivity index (χ1) is 13.1. The quantitative estimate of drug-likeness (QED) is 0.361. The minimum Gasteiger partial charge on any atom is -0.543 e. The number of esters is 1. The Balaban J connectivity index is 2.37. The van der Waals surface area contributed by atoms with E-state index in [1.54, 1.807) is 42.5 Å². The number of ether oxygens (including phenoxy) is 2. The summed E-state index contributed by atoms with van der Waals surface area (Å²) in [6.07, 6.45) is 0.757. The summed E-state index contributed by atoms with van der Waals surface area (Å²) in [5.41, 5.74) is 1.62. The normalized spacial score (nSPS) is 11.6. The van der Waals surface area contributed by atoms with Gasteiger partial charge < -0.3 is 13.9 Å². The second kappa shape index (κ2) is 8.60. The molecule has 2 aromatic carbocycles. The first-order valence-corrected chi connectivity index (χ1v) is 12.1. The molecule has 0 aliphatic heterocycles. The summed E-state index contributed by atoms with van der Waals surface area (Å²) in [4.78, 5) is 23.2. The lowest BCUT2D eigenvalue weighted by Crippen LogP contribution is -2.44. The van der Waals surface area contributed by atoms with Gasteiger partial charge in [-0.15, -0.1) is 0 Å². The van der Waals surface area contributed by atoms with E-state index >= 15 is 0 Å². The number of hydrogen-bond acceptors (Lipinski definition) is 5. The Morgan fingerprint density at radius 1 is 1.07 bits per heavy atom. The van der Waals surface area contributed by atoms with Crippen LogP contribution < -0.4 is 9.16 Å². The summed E-state index contributed by atoms with van der Waals surface area (Å²) >= 11 is 0. The van der Waals surface area contributed by atoms with Crippen molar-refractivity contribution >= 4 is 20.6 Å². The van der Waals surface area contributed by atoms with Crippen molar-refractivity contribution in [3.63, 3.8) is 0 Å². The van der Waals surface area contributed by atoms with Gasteiger partial charge in [-0.1, -0.05) is 32.9 Å². The smallest absolute Gasteiger partial charge is 0.337 e. The predicted molar refractivity (Wildman–Crippen MR) is 112 cm³/mol. The third-order valence-electron chi connectivity index (χ3n) is 5.08. The largest absolute Gasteiger partial charge is 0.543 e. The number of carbonyl (C=O) groups is 2. The van der Waals surface area contributed by atoms with E-state index in [0.717, 1.165) is 11.8 Å². The number of benzene rings is 2. The topological polar surface area (TPSA) is 61.8 Å². The van der Waals surface area contributed by atoms with Gasteiger partial charge >= 0.3 is 5.97 Å². The molecular formula is C22H28O5Si. The summed E-state index contributed by atoms with van der Waals surface area (Å²) in [6, 6.07) is 12.2. The predicted octanol–water partition coefficient (Wildman–Crippen LogP) is 5.25. The van der Waals surface area contributed by atoms with Gasteiger partial charge in [-0.05, 0) is 48.5 Å². The molecular weight excluding hydrogens is 372 g/mol. The van der Waals surface area contributed by atoms with Crippen LogP contribution in [0.2, 0.25) is 18.1 Å². The summed E-state index contributed by atoms with van der Waals surface area (Å²) in [7, 11) is -0.738. The molecule has 0 unspecified atom stereocenters. The van der Waals surface area contributed by atoms with Gasteiger partial charge in [0.1, 0.15) is 18.1 Å². The van der Waals surface area contributed by atoms with Crippen molar-refractivity contribution in [2.45, 2.75) is 45.5 Å². The van der Waals surface area contributed by atoms with Crippen LogP contribution in [0.3, 0.4) is 0 Å². The first kappa shape index (κ1) is 21.7. The van der Waals surface area contributed by atoms with Crippen LogP contribution in [0, 0.1) is 0 Å². The Kier molecular flexibility index (Phi) is 6.67. The van der Waals surface area contributed by atoms with E-state index in [1.807, 2.05) is 0 Å². The van der Waals surface area contributed by atoms with Gasteiger partial charge in [0, 0.05) is 5.56 Å². The Morgan fingerprint density at radius 2 is 1.75 bits per heavy atom. The molecule has 0 N–H and O–H groups in total. The molecule has 150 valence electrons. The Morgan fingerprint density at radius 3 is 2.36 bits per heavy atom. The fourth-order valence-electron chi connectivity index (χ4n) is 2.33. The first-order valence-electron chi connectivity index (χ1n) is 9.16. The number of para-hydroxylation sites is 1. The number of carbonyl (C=O) groups excluding carboxylic acids is 2. The van der Waals surface area contributed by atoms with E-state index in [-0.39, 0.29) is 11.6 Å². The van der Waals surface area contributed by atoms with Crippen LogP contribution in [0.25, 0.3) is 0 Å². The maximum absolute atomic E-state index is 12.0. The fourth-order valence-corrected chi connectivity index (χ4v) is 3.38. The zero-order valence-corrected chi connectivity index (χ0v) is 18.4. The third kappa shape index (κ3) is 5.01. The Hall–Kier alpha value is -2.60. The summed E-state index contributed by atoms with van der Waals surface area (Å²) < 4.78 is 17.2. The molecule has 0 aromatic heterocycles. The molecule has 2 aromatic rings. The maximum Gasteiger partial charge on any atom is 0.337 e. The van der Waals surface area contributed by atoms with Crippen LogP contribution in [0.4, 0.5) is 0 Å². The average Bonchev–Trinajstić information content (AvgIpc) is 2.65. The second-order valence-corrected chi connectivity index (χ2v) is 12.8. The Bertz CT molecular complexity index is 852. The zero-order valence-electron chi connectivity index (χ0n) is 17.4. The summed E-state index contributed by atoms with van der Waals surface area (Å²) in [5, 5.41) is 0.0241. The van der Waals surface area contributed by atoms with Crippen LogP contribution in [0.5, 0.6) is 11.5 Å². The Labute approximate surface area is 167 Å². The molecule has 0 saturated heterocycles. The zero-order chi connectivity index (χ0) is 20.9. The van der Waals surface area contributed by atoms with Crippen LogP contribution in [0.15, 0.2) is 42.5 Å². The number of hydrogen-bond donors (Lipinski definition) is 0. The minimum absolute atomic E-state index is 0.0241. The highest BCUT2D eigenvalue weighted by molar-refractivity contribution is 6.74. The molecule has 6 heteroatoms. The molecule has 0 fully saturated rings. The molecule has 28 heavy (non-hydrogen) atoms. The second-order valence-electron chi connectivity index (χ2n) is 8.12. The van der Waals surface area contributed by atoms with Gasteiger partial charge in [0.15, 0.2) is 6.29 Å². The molecule has 0 saturated carbocycles. The van der Waals surface area contributed by atoms with Crippen LogP contribution >= 0.6 is 0 Å². The van der Waals surface area contributed by atoms with Crippen LogP contribution in [-0.4, -0.2) is 27.7 Å². The van der Waals surface area contributed by atoms with E-state index in [2.05, 4.69) is 33.9 Å². The molecule has 0 aliphatic rings. The van der Waals surface area contributed by atoms with Gasteiger partial charge in [0.25, 0.3) is 0 Å².